The third kappa shape index (κ3) is 4.87. The standard InChI is InChI=1S/C53H35N3O/c1-53-32-40(35-20-18-34(19-21-35)38-25-28-48-44(31-38)42-14-7-9-17-47(42)57-48)26-29-49(53)56(46-27-24-36-11-4-5-13-41(36)50(46)53)52-54-45-16-8-6-15-43(45)51(55-52)39-23-22-33-10-2-3-12-37(33)30-39/h2-32,49H,1H3. The van der Waals surface area contributed by atoms with Crippen LogP contribution in [0.25, 0.3) is 82.3 Å². The Kier molecular flexibility index (Phi) is 6.79. The molecule has 2 aromatic heterocycles. The van der Waals surface area contributed by atoms with Gasteiger partial charge in [0.05, 0.1) is 17.3 Å². The molecule has 0 fully saturated rings. The summed E-state index contributed by atoms with van der Waals surface area (Å²) in [6.45, 7) is 2.39. The summed E-state index contributed by atoms with van der Waals surface area (Å²) in [5.41, 5.74) is 11.6. The van der Waals surface area contributed by atoms with E-state index in [1.807, 2.05) is 12.1 Å². The topological polar surface area (TPSA) is 42.2 Å². The first kappa shape index (κ1) is 32.0. The van der Waals surface area contributed by atoms with E-state index in [0.29, 0.717) is 5.95 Å². The summed E-state index contributed by atoms with van der Waals surface area (Å²) in [7, 11) is 0. The molecule has 2 unspecified atom stereocenters. The van der Waals surface area contributed by atoms with Crippen molar-refractivity contribution in [2.24, 2.45) is 0 Å². The van der Waals surface area contributed by atoms with Crippen LogP contribution in [0.2, 0.25) is 0 Å². The van der Waals surface area contributed by atoms with Crippen LogP contribution in [0.1, 0.15) is 18.1 Å². The van der Waals surface area contributed by atoms with Crippen LogP contribution >= 0.6 is 0 Å². The number of allylic oxidation sites excluding steroid dienone is 2. The summed E-state index contributed by atoms with van der Waals surface area (Å²) >= 11 is 0. The number of fused-ring (bicyclic) bond motifs is 10. The van der Waals surface area contributed by atoms with Crippen LogP contribution in [0.3, 0.4) is 0 Å². The number of para-hydroxylation sites is 2. The molecular formula is C53H35N3O. The van der Waals surface area contributed by atoms with Gasteiger partial charge < -0.3 is 9.32 Å². The molecule has 0 saturated heterocycles. The zero-order valence-electron chi connectivity index (χ0n) is 31.2. The zero-order valence-corrected chi connectivity index (χ0v) is 31.2. The van der Waals surface area contributed by atoms with E-state index in [1.165, 1.54) is 49.4 Å². The number of aromatic nitrogens is 2. The zero-order chi connectivity index (χ0) is 37.7. The Balaban J connectivity index is 0.980. The predicted molar refractivity (Wildman–Crippen MR) is 236 cm³/mol. The van der Waals surface area contributed by atoms with Gasteiger partial charge in [-0.2, -0.15) is 0 Å². The van der Waals surface area contributed by atoms with Gasteiger partial charge in [0.1, 0.15) is 11.2 Å². The normalized spacial score (nSPS) is 17.5. The van der Waals surface area contributed by atoms with Crippen molar-refractivity contribution in [3.63, 3.8) is 0 Å². The predicted octanol–water partition coefficient (Wildman–Crippen LogP) is 13.6. The molecule has 2 aliphatic rings. The lowest BCUT2D eigenvalue weighted by molar-refractivity contribution is 0.551. The molecule has 1 aliphatic carbocycles. The molecule has 0 radical (unpaired) electrons. The number of anilines is 2. The maximum atomic E-state index is 6.11. The van der Waals surface area contributed by atoms with Gasteiger partial charge >= 0.3 is 0 Å². The Labute approximate surface area is 329 Å². The van der Waals surface area contributed by atoms with E-state index in [9.17, 15) is 0 Å². The van der Waals surface area contributed by atoms with Crippen molar-refractivity contribution in [3.05, 3.63) is 199 Å². The van der Waals surface area contributed by atoms with E-state index in [4.69, 9.17) is 14.4 Å². The third-order valence-electron chi connectivity index (χ3n) is 12.3. The van der Waals surface area contributed by atoms with E-state index in [-0.39, 0.29) is 11.5 Å². The maximum Gasteiger partial charge on any atom is 0.231 e. The fraction of sp³-hybridized carbons (Fsp3) is 0.0566. The van der Waals surface area contributed by atoms with Crippen molar-refractivity contribution in [1.82, 2.24) is 9.97 Å². The number of furan rings is 1. The number of hydrogen-bond donors (Lipinski definition) is 0. The Morgan fingerprint density at radius 2 is 1.19 bits per heavy atom. The molecule has 3 heterocycles. The lowest BCUT2D eigenvalue weighted by Gasteiger charge is -2.35. The van der Waals surface area contributed by atoms with Gasteiger partial charge in [-0.05, 0) is 92.7 Å². The van der Waals surface area contributed by atoms with Gasteiger partial charge in [-0.15, -0.1) is 0 Å². The number of benzene rings is 8. The second kappa shape index (κ2) is 12.1. The van der Waals surface area contributed by atoms with E-state index in [2.05, 4.69) is 188 Å². The SMILES string of the molecule is CC12C=C(c3ccc(-c4ccc5oc6ccccc6c5c4)cc3)C=CC1N(c1nc(-c3ccc4ccccc4c3)c3ccccc3n1)c1ccc3ccccc3c12. The van der Waals surface area contributed by atoms with Gasteiger partial charge in [-0.1, -0.05) is 152 Å². The molecule has 0 amide bonds. The molecule has 1 aliphatic heterocycles. The summed E-state index contributed by atoms with van der Waals surface area (Å²) < 4.78 is 6.11. The van der Waals surface area contributed by atoms with Gasteiger partial charge in [0.15, 0.2) is 0 Å². The van der Waals surface area contributed by atoms with E-state index < -0.39 is 0 Å². The van der Waals surface area contributed by atoms with Crippen molar-refractivity contribution < 1.29 is 4.42 Å². The van der Waals surface area contributed by atoms with Crippen LogP contribution < -0.4 is 4.90 Å². The van der Waals surface area contributed by atoms with Gasteiger partial charge in [0.25, 0.3) is 0 Å². The molecule has 0 N–H and O–H groups in total. The van der Waals surface area contributed by atoms with Crippen LogP contribution in [-0.4, -0.2) is 16.0 Å². The van der Waals surface area contributed by atoms with E-state index >= 15 is 0 Å². The van der Waals surface area contributed by atoms with Crippen molar-refractivity contribution in [2.45, 2.75) is 18.4 Å². The second-order valence-corrected chi connectivity index (χ2v) is 15.6. The highest BCUT2D eigenvalue weighted by atomic mass is 16.3. The molecule has 57 heavy (non-hydrogen) atoms. The van der Waals surface area contributed by atoms with Crippen molar-refractivity contribution >= 4 is 71.6 Å². The van der Waals surface area contributed by atoms with Gasteiger partial charge in [-0.25, -0.2) is 9.97 Å². The summed E-state index contributed by atoms with van der Waals surface area (Å²) in [6, 6.07) is 60.5. The first-order valence-electron chi connectivity index (χ1n) is 19.6. The first-order chi connectivity index (χ1) is 28.1. The highest BCUT2D eigenvalue weighted by molar-refractivity contribution is 6.06. The molecule has 0 bridgehead atoms. The Bertz CT molecular complexity index is 3340. The fourth-order valence-electron chi connectivity index (χ4n) is 9.50. The van der Waals surface area contributed by atoms with E-state index in [1.54, 1.807) is 0 Å². The van der Waals surface area contributed by atoms with Crippen molar-refractivity contribution in [3.8, 4) is 22.4 Å². The molecule has 2 atom stereocenters. The molecule has 4 nitrogen and oxygen atoms in total. The van der Waals surface area contributed by atoms with Crippen LogP contribution in [0.15, 0.2) is 193 Å². The molecule has 0 saturated carbocycles. The van der Waals surface area contributed by atoms with Gasteiger partial charge in [0.2, 0.25) is 5.95 Å². The largest absolute Gasteiger partial charge is 0.456 e. The van der Waals surface area contributed by atoms with Crippen molar-refractivity contribution in [2.75, 3.05) is 4.90 Å². The minimum absolute atomic E-state index is 0.0385. The summed E-state index contributed by atoms with van der Waals surface area (Å²) in [5, 5.41) is 8.21. The van der Waals surface area contributed by atoms with Gasteiger partial charge in [0, 0.05) is 32.8 Å². The molecule has 8 aromatic carbocycles. The maximum absolute atomic E-state index is 6.11. The Morgan fingerprint density at radius 1 is 0.526 bits per heavy atom. The van der Waals surface area contributed by atoms with Crippen LogP contribution in [0, 0.1) is 0 Å². The number of nitrogens with zero attached hydrogens (tertiary/aromatic N) is 3. The summed E-state index contributed by atoms with van der Waals surface area (Å²) in [5.74, 6) is 0.704. The van der Waals surface area contributed by atoms with Crippen LogP contribution in [-0.2, 0) is 5.41 Å². The monoisotopic (exact) mass is 729 g/mol. The first-order valence-corrected chi connectivity index (χ1v) is 19.6. The average molecular weight is 730 g/mol. The molecule has 268 valence electrons. The molecule has 4 heteroatoms. The lowest BCUT2D eigenvalue weighted by atomic mass is 9.72. The number of hydrogen-bond acceptors (Lipinski definition) is 4. The number of rotatable bonds is 4. The Morgan fingerprint density at radius 3 is 2.07 bits per heavy atom. The van der Waals surface area contributed by atoms with E-state index in [0.717, 1.165) is 49.8 Å². The smallest absolute Gasteiger partial charge is 0.231 e. The minimum atomic E-state index is -0.371. The summed E-state index contributed by atoms with van der Waals surface area (Å²) in [6.07, 6.45) is 7.13. The van der Waals surface area contributed by atoms with Crippen LogP contribution in [0.4, 0.5) is 11.6 Å². The quantitative estimate of drug-likeness (QED) is 0.181. The average Bonchev–Trinajstić information content (AvgIpc) is 3.77. The molecular weight excluding hydrogens is 695 g/mol. The Hall–Kier alpha value is -7.30. The molecule has 0 spiro atoms. The van der Waals surface area contributed by atoms with Gasteiger partial charge in [-0.3, -0.25) is 0 Å². The van der Waals surface area contributed by atoms with Crippen molar-refractivity contribution in [1.29, 1.82) is 0 Å². The second-order valence-electron chi connectivity index (χ2n) is 15.6. The highest BCUT2D eigenvalue weighted by Crippen LogP contribution is 2.55. The fourth-order valence-corrected chi connectivity index (χ4v) is 9.50. The lowest BCUT2D eigenvalue weighted by Crippen LogP contribution is -2.40. The minimum Gasteiger partial charge on any atom is -0.456 e. The summed E-state index contributed by atoms with van der Waals surface area (Å²) in [4.78, 5) is 13.1. The third-order valence-corrected chi connectivity index (χ3v) is 12.3. The molecule has 10 aromatic rings. The van der Waals surface area contributed by atoms with Crippen LogP contribution in [0.5, 0.6) is 0 Å². The molecule has 12 rings (SSSR count). The highest BCUT2D eigenvalue weighted by Gasteiger charge is 2.49.